The standard InChI is InChI=1S/2C20H30O4.C19H28O3.C18H26O4/c1-3-19(13-23-14-19)11-21-9-17-5-7-18(8-6-17)10-22-12-20(4-2)15-24-16-20;1-3-19(13-23-14-19)11-21-9-17-6-5-7-18(8-17)10-22-12-20(4-2)15-24-16-20;1-18(7-4-8-18)12-20-10-16-5-3-6-17(9-16)11-21-13-19(2)14-22-15-19;1-17(11-21-12-17)9-19-7-15-3-5-16(6-4-15)8-20-10-18(2)13-22-14-18/h2*5-8H,3-4,9-16H2,1-2H3;3,5-6,9H,4,7-8,10-15H2,1-2H3;3-6H,7-14H2,1-2H3. The molecule has 0 amide bonds. The van der Waals surface area contributed by atoms with Crippen LogP contribution in [0.4, 0.5) is 0 Å². The van der Waals surface area contributed by atoms with Gasteiger partial charge in [-0.25, -0.2) is 0 Å². The highest BCUT2D eigenvalue weighted by Gasteiger charge is 2.41. The highest BCUT2D eigenvalue weighted by molar-refractivity contribution is 5.25. The predicted molar refractivity (Wildman–Crippen MR) is 356 cm³/mol. The van der Waals surface area contributed by atoms with Gasteiger partial charge in [-0.3, -0.25) is 0 Å². The summed E-state index contributed by atoms with van der Waals surface area (Å²) < 4.78 is 84.0. The van der Waals surface area contributed by atoms with E-state index in [-0.39, 0.29) is 37.9 Å². The molecule has 1 aliphatic carbocycles. The zero-order valence-corrected chi connectivity index (χ0v) is 57.5. The fourth-order valence-corrected chi connectivity index (χ4v) is 11.9. The van der Waals surface area contributed by atoms with E-state index in [1.54, 1.807) is 0 Å². The van der Waals surface area contributed by atoms with Crippen LogP contribution >= 0.6 is 0 Å². The lowest BCUT2D eigenvalue weighted by Gasteiger charge is -2.40. The molecule has 1 saturated carbocycles. The summed E-state index contributed by atoms with van der Waals surface area (Å²) in [6.07, 6.45) is 8.44. The van der Waals surface area contributed by atoms with E-state index in [2.05, 4.69) is 152 Å². The van der Waals surface area contributed by atoms with Crippen molar-refractivity contribution in [3.8, 4) is 0 Å². The van der Waals surface area contributed by atoms with Crippen LogP contribution in [-0.4, -0.2) is 145 Å². The van der Waals surface area contributed by atoms with Crippen molar-refractivity contribution in [2.24, 2.45) is 43.3 Å². The van der Waals surface area contributed by atoms with Crippen LogP contribution in [0.25, 0.3) is 0 Å². The summed E-state index contributed by atoms with van der Waals surface area (Å²) in [6, 6.07) is 34.1. The van der Waals surface area contributed by atoms with Crippen LogP contribution in [-0.2, 0) is 124 Å². The molecule has 0 unspecified atom stereocenters. The molecule has 12 rings (SSSR count). The molecule has 512 valence electrons. The van der Waals surface area contributed by atoms with E-state index in [1.807, 2.05) is 0 Å². The van der Waals surface area contributed by atoms with Crippen molar-refractivity contribution >= 4 is 0 Å². The lowest BCUT2D eigenvalue weighted by molar-refractivity contribution is -0.152. The van der Waals surface area contributed by atoms with Gasteiger partial charge in [-0.15, -0.1) is 0 Å². The highest BCUT2D eigenvalue weighted by atomic mass is 16.5. The van der Waals surface area contributed by atoms with Crippen molar-refractivity contribution in [2.75, 3.05) is 145 Å². The second-order valence-corrected chi connectivity index (χ2v) is 30.2. The first-order valence-electron chi connectivity index (χ1n) is 34.5. The van der Waals surface area contributed by atoms with Crippen LogP contribution in [0.5, 0.6) is 0 Å². The maximum Gasteiger partial charge on any atom is 0.0717 e. The van der Waals surface area contributed by atoms with Crippen molar-refractivity contribution in [2.45, 2.75) is 153 Å². The number of ether oxygens (including phenoxy) is 15. The average Bonchev–Trinajstić information content (AvgIpc) is 1.01. The maximum absolute atomic E-state index is 5.94. The van der Waals surface area contributed by atoms with Crippen molar-refractivity contribution in [3.05, 3.63) is 142 Å². The van der Waals surface area contributed by atoms with E-state index in [0.717, 1.165) is 171 Å². The Labute approximate surface area is 552 Å². The Morgan fingerprint density at radius 3 is 0.641 bits per heavy atom. The third-order valence-electron chi connectivity index (χ3n) is 20.1. The Balaban J connectivity index is 0.000000145. The van der Waals surface area contributed by atoms with Crippen LogP contribution in [0.2, 0.25) is 0 Å². The highest BCUT2D eigenvalue weighted by Crippen LogP contribution is 2.41. The minimum absolute atomic E-state index is 0.217. The van der Waals surface area contributed by atoms with Gasteiger partial charge in [0.1, 0.15) is 0 Å². The van der Waals surface area contributed by atoms with Crippen LogP contribution in [0, 0.1) is 43.3 Å². The molecule has 7 aliphatic heterocycles. The first-order chi connectivity index (χ1) is 44.5. The van der Waals surface area contributed by atoms with Crippen molar-refractivity contribution in [1.29, 1.82) is 0 Å². The molecule has 15 heteroatoms. The molecule has 0 aromatic heterocycles. The fraction of sp³-hybridized carbons (Fsp3) is 0.688. The van der Waals surface area contributed by atoms with Gasteiger partial charge >= 0.3 is 0 Å². The zero-order valence-electron chi connectivity index (χ0n) is 57.5. The molecule has 8 aliphatic rings. The fourth-order valence-electron chi connectivity index (χ4n) is 11.9. The summed E-state index contributed by atoms with van der Waals surface area (Å²) in [4.78, 5) is 0. The summed E-state index contributed by atoms with van der Waals surface area (Å²) in [5, 5.41) is 0. The molecule has 92 heavy (non-hydrogen) atoms. The van der Waals surface area contributed by atoms with Gasteiger partial charge in [-0.1, -0.05) is 159 Å². The Bertz CT molecular complexity index is 2540. The van der Waals surface area contributed by atoms with Crippen LogP contribution in [0.1, 0.15) is 145 Å². The molecule has 7 saturated heterocycles. The van der Waals surface area contributed by atoms with Gasteiger partial charge in [0, 0.05) is 37.9 Å². The van der Waals surface area contributed by atoms with Gasteiger partial charge < -0.3 is 71.1 Å². The number of hydrogen-bond donors (Lipinski definition) is 0. The molecule has 4 aromatic carbocycles. The SMILES string of the molecule is CC1(COCc2ccc(COCC3(C)COC3)cc2)COC1.CC1(COCc2cccc(COCC3(C)COC3)c2)CCC1.CCC1(COCc2ccc(COCC3(CC)COC3)cc2)COC1.CCC1(COCc2cccc(COCC3(CC)COC3)c2)COC1. The Morgan fingerprint density at radius 2 is 0.467 bits per heavy atom. The molecule has 0 bridgehead atoms. The molecule has 0 radical (unpaired) electrons. The molecule has 8 fully saturated rings. The minimum Gasteiger partial charge on any atom is -0.380 e. The van der Waals surface area contributed by atoms with Crippen LogP contribution in [0.15, 0.2) is 97.1 Å². The van der Waals surface area contributed by atoms with Gasteiger partial charge in [0.05, 0.1) is 198 Å². The van der Waals surface area contributed by atoms with Crippen molar-refractivity contribution in [3.63, 3.8) is 0 Å². The number of rotatable bonds is 36. The number of benzene rings is 4. The minimum atomic E-state index is 0.217. The summed E-state index contributed by atoms with van der Waals surface area (Å²) in [5.74, 6) is 0. The largest absolute Gasteiger partial charge is 0.380 e. The summed E-state index contributed by atoms with van der Waals surface area (Å²) in [5.41, 5.74) is 11.8. The maximum atomic E-state index is 5.94. The lowest BCUT2D eigenvalue weighted by atomic mass is 9.71. The zero-order chi connectivity index (χ0) is 64.7. The number of hydrogen-bond acceptors (Lipinski definition) is 15. The molecule has 15 nitrogen and oxygen atoms in total. The van der Waals surface area contributed by atoms with Crippen LogP contribution in [0.3, 0.4) is 0 Å². The third kappa shape index (κ3) is 22.2. The van der Waals surface area contributed by atoms with Crippen LogP contribution < -0.4 is 0 Å². The molecular weight excluding hydrogens is 1160 g/mol. The van der Waals surface area contributed by atoms with Gasteiger partial charge in [0.15, 0.2) is 0 Å². The van der Waals surface area contributed by atoms with E-state index < -0.39 is 0 Å². The summed E-state index contributed by atoms with van der Waals surface area (Å²) >= 11 is 0. The monoisotopic (exact) mass is 1280 g/mol. The second-order valence-electron chi connectivity index (χ2n) is 30.2. The third-order valence-corrected chi connectivity index (χ3v) is 20.1. The lowest BCUT2D eigenvalue weighted by Crippen LogP contribution is -2.45. The van der Waals surface area contributed by atoms with E-state index in [0.29, 0.717) is 58.3 Å². The Hall–Kier alpha value is -3.72. The van der Waals surface area contributed by atoms with Gasteiger partial charge in [-0.2, -0.15) is 0 Å². The second kappa shape index (κ2) is 35.0. The van der Waals surface area contributed by atoms with Gasteiger partial charge in [-0.05, 0) is 88.4 Å². The smallest absolute Gasteiger partial charge is 0.0717 e. The molecule has 0 spiro atoms. The quantitative estimate of drug-likeness (QED) is 0.0426. The van der Waals surface area contributed by atoms with Gasteiger partial charge in [0.2, 0.25) is 0 Å². The normalized spacial score (nSPS) is 21.5. The van der Waals surface area contributed by atoms with Crippen molar-refractivity contribution < 1.29 is 71.1 Å². The molecule has 0 N–H and O–H groups in total. The topological polar surface area (TPSA) is 138 Å². The Kier molecular flexibility index (Phi) is 27.6. The molecule has 4 aromatic rings. The van der Waals surface area contributed by atoms with E-state index >= 15 is 0 Å². The summed E-state index contributed by atoms with van der Waals surface area (Å²) in [7, 11) is 0. The van der Waals surface area contributed by atoms with E-state index in [1.165, 1.54) is 63.8 Å². The van der Waals surface area contributed by atoms with E-state index in [9.17, 15) is 0 Å². The first kappa shape index (κ1) is 72.5. The molecular formula is C77H114O15. The average molecular weight is 1280 g/mol. The molecule has 7 heterocycles. The van der Waals surface area contributed by atoms with Gasteiger partial charge in [0.25, 0.3) is 0 Å². The summed E-state index contributed by atoms with van der Waals surface area (Å²) in [6.45, 7) is 41.0. The predicted octanol–water partition coefficient (Wildman–Crippen LogP) is 13.9. The van der Waals surface area contributed by atoms with Crippen molar-refractivity contribution in [1.82, 2.24) is 0 Å². The Morgan fingerprint density at radius 1 is 0.261 bits per heavy atom. The van der Waals surface area contributed by atoms with E-state index in [4.69, 9.17) is 71.1 Å². The first-order valence-corrected chi connectivity index (χ1v) is 34.5. The molecule has 0 atom stereocenters.